The van der Waals surface area contributed by atoms with Crippen molar-refractivity contribution in [2.45, 2.75) is 0 Å². The van der Waals surface area contributed by atoms with E-state index in [1.54, 1.807) is 0 Å². The van der Waals surface area contributed by atoms with Gasteiger partial charge in [0.05, 0.1) is 5.09 Å². The molecule has 0 bridgehead atoms. The van der Waals surface area contributed by atoms with Gasteiger partial charge in [-0.05, 0) is 0 Å². The van der Waals surface area contributed by atoms with Gasteiger partial charge in [0.1, 0.15) is 0 Å². The summed E-state index contributed by atoms with van der Waals surface area (Å²) in [4.78, 5) is 8.25. The Labute approximate surface area is 116 Å². The average Bonchev–Trinajstić information content (AvgIpc) is 0.811. The van der Waals surface area contributed by atoms with E-state index in [4.69, 9.17) is 15.3 Å². The topological polar surface area (TPSA) is 129 Å². The van der Waals surface area contributed by atoms with Crippen molar-refractivity contribution in [3.63, 3.8) is 0 Å². The SMILES string of the molecule is O.O.O=[N+]([O-])[O-].[KH].[La]. The van der Waals surface area contributed by atoms with Crippen LogP contribution in [0, 0.1) is 50.9 Å². The molecule has 0 aliphatic rings. The first-order valence-electron chi connectivity index (χ1n) is 0.548. The second-order valence-electron chi connectivity index (χ2n) is 0.224. The van der Waals surface area contributed by atoms with E-state index in [9.17, 15) is 0 Å². The maximum atomic E-state index is 8.25. The van der Waals surface area contributed by atoms with E-state index in [-0.39, 0.29) is 97.9 Å². The van der Waals surface area contributed by atoms with Gasteiger partial charge in [-0.3, -0.25) is 0 Å². The molecule has 0 heterocycles. The van der Waals surface area contributed by atoms with Crippen LogP contribution in [0.15, 0.2) is 0 Å². The van der Waals surface area contributed by atoms with Crippen LogP contribution in [-0.4, -0.2) is 67.4 Å². The second kappa shape index (κ2) is 23.1. The molecule has 0 aromatic carbocycles. The molecule has 0 saturated heterocycles. The van der Waals surface area contributed by atoms with Gasteiger partial charge in [-0.15, -0.1) is 0 Å². The minimum Gasteiger partial charge on any atom is 0 e. The summed E-state index contributed by atoms with van der Waals surface area (Å²) in [6.45, 7) is 0. The Morgan fingerprint density at radius 3 is 1.12 bits per heavy atom. The van der Waals surface area contributed by atoms with Crippen LogP contribution in [0.5, 0.6) is 0 Å². The third kappa shape index (κ3) is 101. The van der Waals surface area contributed by atoms with Gasteiger partial charge in [0.2, 0.25) is 0 Å². The Balaban J connectivity index is -0.00000000750. The van der Waals surface area contributed by atoms with Gasteiger partial charge in [0.25, 0.3) is 0 Å². The zero-order valence-corrected chi connectivity index (χ0v) is 6.88. The average molecular weight is 277 g/mol. The molecule has 0 aromatic rings. The van der Waals surface area contributed by atoms with Crippen LogP contribution >= 0.6 is 0 Å². The van der Waals surface area contributed by atoms with E-state index in [1.165, 1.54) is 0 Å². The van der Waals surface area contributed by atoms with Gasteiger partial charge < -0.3 is 26.3 Å². The molecule has 4 N–H and O–H groups in total. The van der Waals surface area contributed by atoms with Gasteiger partial charge in [0.15, 0.2) is 0 Å². The van der Waals surface area contributed by atoms with Gasteiger partial charge >= 0.3 is 51.4 Å². The molecule has 0 rings (SSSR count). The summed E-state index contributed by atoms with van der Waals surface area (Å²) in [5.74, 6) is 0. The summed E-state index contributed by atoms with van der Waals surface area (Å²) >= 11 is 0. The molecule has 1 radical (unpaired) electrons. The van der Waals surface area contributed by atoms with E-state index in [1.807, 2.05) is 0 Å². The summed E-state index contributed by atoms with van der Waals surface area (Å²) in [6.07, 6.45) is 0. The molecular formula is H5KLaNO5-. The number of hydrogen-bond acceptors (Lipinski definition) is 3. The third-order valence-electron chi connectivity index (χ3n) is 0. The predicted octanol–water partition coefficient (Wildman–Crippen LogP) is -2.54. The summed E-state index contributed by atoms with van der Waals surface area (Å²) < 4.78 is 0. The van der Waals surface area contributed by atoms with Crippen molar-refractivity contribution in [3.05, 3.63) is 15.3 Å². The van der Waals surface area contributed by atoms with Crippen molar-refractivity contribution >= 4 is 51.4 Å². The first-order chi connectivity index (χ1) is 1.73. The van der Waals surface area contributed by atoms with Crippen molar-refractivity contribution in [3.8, 4) is 0 Å². The van der Waals surface area contributed by atoms with E-state index in [0.29, 0.717) is 0 Å². The molecule has 8 heteroatoms. The summed E-state index contributed by atoms with van der Waals surface area (Å²) in [6, 6.07) is 0. The van der Waals surface area contributed by atoms with Gasteiger partial charge in [-0.1, -0.05) is 0 Å². The summed E-state index contributed by atoms with van der Waals surface area (Å²) in [5.41, 5.74) is 0. The zero-order chi connectivity index (χ0) is 3.58. The number of hydrogen-bond donors (Lipinski definition) is 0. The van der Waals surface area contributed by atoms with Crippen LogP contribution in [0.2, 0.25) is 0 Å². The van der Waals surface area contributed by atoms with Crippen molar-refractivity contribution in [2.24, 2.45) is 0 Å². The molecule has 0 aromatic heterocycles. The molecule has 0 atom stereocenters. The quantitative estimate of drug-likeness (QED) is 0.275. The first-order valence-corrected chi connectivity index (χ1v) is 0.548. The monoisotopic (exact) mass is 277 g/mol. The van der Waals surface area contributed by atoms with Crippen molar-refractivity contribution in [1.82, 2.24) is 0 Å². The molecule has 6 nitrogen and oxygen atoms in total. The Morgan fingerprint density at radius 2 is 1.12 bits per heavy atom. The fraction of sp³-hybridized carbons (Fsp3) is 0. The first kappa shape index (κ1) is 32.5. The third-order valence-corrected chi connectivity index (χ3v) is 0. The van der Waals surface area contributed by atoms with E-state index in [2.05, 4.69) is 0 Å². The predicted molar refractivity (Wildman–Crippen MR) is 24.7 cm³/mol. The molecule has 0 spiro atoms. The molecule has 0 aliphatic carbocycles. The Hall–Kier alpha value is 1.95. The van der Waals surface area contributed by atoms with E-state index >= 15 is 0 Å². The fourth-order valence-corrected chi connectivity index (χ4v) is 0. The van der Waals surface area contributed by atoms with Crippen molar-refractivity contribution in [2.75, 3.05) is 0 Å². The molecule has 0 saturated carbocycles. The molecule has 0 unspecified atom stereocenters. The fourth-order valence-electron chi connectivity index (χ4n) is 0. The van der Waals surface area contributed by atoms with Gasteiger partial charge in [0, 0.05) is 35.6 Å². The Morgan fingerprint density at radius 1 is 1.12 bits per heavy atom. The molecule has 0 amide bonds. The van der Waals surface area contributed by atoms with Crippen molar-refractivity contribution in [1.29, 1.82) is 0 Å². The van der Waals surface area contributed by atoms with Crippen LogP contribution in [0.25, 0.3) is 0 Å². The maximum Gasteiger partial charge on any atom is 0 e. The van der Waals surface area contributed by atoms with Crippen LogP contribution in [0.4, 0.5) is 0 Å². The minimum atomic E-state index is -1.75. The normalized spacial score (nSPS) is 3.00. The standard InChI is InChI=1S/K.La.NO3.2H2O.H/c;;2-1(3)4;;;/h;;;2*1H2;/q;;-1;;;. The Bertz CT molecular complexity index is 35.4. The summed E-state index contributed by atoms with van der Waals surface area (Å²) in [7, 11) is 0. The molecule has 45 valence electrons. The smallest absolute Gasteiger partial charge is 0 e. The molecule has 0 fully saturated rings. The second-order valence-corrected chi connectivity index (χ2v) is 0.224. The van der Waals surface area contributed by atoms with E-state index in [0.717, 1.165) is 0 Å². The van der Waals surface area contributed by atoms with Crippen LogP contribution in [0.1, 0.15) is 0 Å². The molecular weight excluding hydrogens is 272 g/mol. The Kier molecular flexibility index (Phi) is 93.9. The molecule has 8 heavy (non-hydrogen) atoms. The summed E-state index contributed by atoms with van der Waals surface area (Å²) in [5, 5.41) is 14.8. The number of rotatable bonds is 0. The van der Waals surface area contributed by atoms with Gasteiger partial charge in [-0.2, -0.15) is 0 Å². The van der Waals surface area contributed by atoms with Crippen LogP contribution in [-0.2, 0) is 0 Å². The minimum absolute atomic E-state index is 0. The number of nitrogens with zero attached hydrogens (tertiary/aromatic N) is 1. The van der Waals surface area contributed by atoms with Crippen molar-refractivity contribution < 1.29 is 51.6 Å². The zero-order valence-electron chi connectivity index (χ0n) is 3.25. The largest absolute Gasteiger partial charge is 0 e. The van der Waals surface area contributed by atoms with E-state index < -0.39 is 5.09 Å². The van der Waals surface area contributed by atoms with Gasteiger partial charge in [-0.25, -0.2) is 0 Å². The van der Waals surface area contributed by atoms with Crippen LogP contribution < -0.4 is 0 Å². The molecule has 0 aliphatic heterocycles. The maximum absolute atomic E-state index is 8.25. The van der Waals surface area contributed by atoms with Crippen LogP contribution in [0.3, 0.4) is 0 Å².